The largest absolute Gasteiger partial charge is 0.328 e. The second kappa shape index (κ2) is 6.31. The molecule has 4 nitrogen and oxygen atoms in total. The molecular weight excluding hydrogens is 270 g/mol. The molecule has 0 spiro atoms. The predicted molar refractivity (Wildman–Crippen MR) is 81.5 cm³/mol. The summed E-state index contributed by atoms with van der Waals surface area (Å²) in [7, 11) is 0. The number of thiocarbonyl (C=S) groups is 1. The zero-order valence-corrected chi connectivity index (χ0v) is 12.0. The van der Waals surface area contributed by atoms with E-state index in [9.17, 15) is 4.79 Å². The van der Waals surface area contributed by atoms with Crippen molar-refractivity contribution >= 4 is 29.3 Å². The molecule has 1 aromatic carbocycles. The molecule has 0 bridgehead atoms. The van der Waals surface area contributed by atoms with Gasteiger partial charge in [-0.3, -0.25) is 9.69 Å². The Morgan fingerprint density at radius 2 is 2.10 bits per heavy atom. The molecule has 5 heteroatoms. The highest BCUT2D eigenvalue weighted by Gasteiger charge is 2.29. The van der Waals surface area contributed by atoms with Gasteiger partial charge in [0, 0.05) is 6.54 Å². The maximum absolute atomic E-state index is 12.2. The number of hydrogen-bond donors (Lipinski definition) is 1. The van der Waals surface area contributed by atoms with Gasteiger partial charge in [0.05, 0.1) is 11.6 Å². The van der Waals surface area contributed by atoms with Crippen LogP contribution < -0.4 is 5.32 Å². The average molecular weight is 285 g/mol. The van der Waals surface area contributed by atoms with Crippen LogP contribution in [0.1, 0.15) is 30.9 Å². The molecule has 1 N–H and O–H groups in total. The van der Waals surface area contributed by atoms with Crippen LogP contribution in [0, 0.1) is 11.3 Å². The third-order valence-corrected chi connectivity index (χ3v) is 3.37. The van der Waals surface area contributed by atoms with Gasteiger partial charge >= 0.3 is 0 Å². The van der Waals surface area contributed by atoms with Crippen LogP contribution in [0.15, 0.2) is 30.0 Å². The van der Waals surface area contributed by atoms with Crippen molar-refractivity contribution in [1.82, 2.24) is 10.2 Å². The minimum atomic E-state index is -0.0900. The molecule has 0 radical (unpaired) electrons. The summed E-state index contributed by atoms with van der Waals surface area (Å²) < 4.78 is 0. The van der Waals surface area contributed by atoms with E-state index in [4.69, 9.17) is 17.5 Å². The Labute approximate surface area is 123 Å². The van der Waals surface area contributed by atoms with Gasteiger partial charge in [0.1, 0.15) is 5.70 Å². The van der Waals surface area contributed by atoms with Crippen molar-refractivity contribution in [1.29, 1.82) is 5.26 Å². The highest BCUT2D eigenvalue weighted by molar-refractivity contribution is 7.80. The van der Waals surface area contributed by atoms with Crippen LogP contribution in [0.4, 0.5) is 0 Å². The lowest BCUT2D eigenvalue weighted by molar-refractivity contribution is -0.122. The van der Waals surface area contributed by atoms with Crippen molar-refractivity contribution in [2.75, 3.05) is 6.54 Å². The first-order chi connectivity index (χ1) is 9.65. The molecule has 1 saturated heterocycles. The number of carbonyl (C=O) groups excluding carboxylic acids is 1. The summed E-state index contributed by atoms with van der Waals surface area (Å²) in [5.41, 5.74) is 1.94. The fraction of sp³-hybridized carbons (Fsp3) is 0.267. The van der Waals surface area contributed by atoms with Crippen LogP contribution in [0.3, 0.4) is 0 Å². The van der Waals surface area contributed by atoms with Crippen LogP contribution in [-0.2, 0) is 4.79 Å². The number of rotatable bonds is 4. The van der Waals surface area contributed by atoms with Crippen LogP contribution >= 0.6 is 12.2 Å². The summed E-state index contributed by atoms with van der Waals surface area (Å²) in [5, 5.41) is 12.2. The molecule has 1 aliphatic rings. The number of amides is 1. The van der Waals surface area contributed by atoms with Gasteiger partial charge in [0.25, 0.3) is 5.91 Å². The second-order valence-electron chi connectivity index (χ2n) is 4.53. The van der Waals surface area contributed by atoms with Crippen molar-refractivity contribution < 1.29 is 4.79 Å². The Morgan fingerprint density at radius 3 is 2.70 bits per heavy atom. The van der Waals surface area contributed by atoms with Crippen molar-refractivity contribution in [3.05, 3.63) is 41.1 Å². The molecule has 1 amide bonds. The SMILES string of the molecule is CCCCN1C(=O)C(=Cc2ccc(C#N)cc2)NC1=S. The summed E-state index contributed by atoms with van der Waals surface area (Å²) in [6, 6.07) is 9.11. The normalized spacial score (nSPS) is 16.4. The molecular formula is C15H15N3OS. The third kappa shape index (κ3) is 3.03. The lowest BCUT2D eigenvalue weighted by atomic mass is 10.1. The Morgan fingerprint density at radius 1 is 1.40 bits per heavy atom. The zero-order valence-electron chi connectivity index (χ0n) is 11.2. The van der Waals surface area contributed by atoms with Gasteiger partial charge in [-0.15, -0.1) is 0 Å². The lowest BCUT2D eigenvalue weighted by Crippen LogP contribution is -2.31. The van der Waals surface area contributed by atoms with Gasteiger partial charge in [-0.25, -0.2) is 0 Å². The third-order valence-electron chi connectivity index (χ3n) is 3.05. The van der Waals surface area contributed by atoms with E-state index in [-0.39, 0.29) is 5.91 Å². The predicted octanol–water partition coefficient (Wildman–Crippen LogP) is 2.42. The number of unbranched alkanes of at least 4 members (excludes halogenated alkanes) is 1. The highest BCUT2D eigenvalue weighted by atomic mass is 32.1. The van der Waals surface area contributed by atoms with E-state index in [1.165, 1.54) is 0 Å². The number of hydrogen-bond acceptors (Lipinski definition) is 3. The number of nitrogens with zero attached hydrogens (tertiary/aromatic N) is 2. The smallest absolute Gasteiger partial charge is 0.276 e. The van der Waals surface area contributed by atoms with E-state index < -0.39 is 0 Å². The number of benzene rings is 1. The van der Waals surface area contributed by atoms with Crippen molar-refractivity contribution in [2.24, 2.45) is 0 Å². The van der Waals surface area contributed by atoms with E-state index in [1.54, 1.807) is 35.2 Å². The number of nitrogens with one attached hydrogen (secondary N) is 1. The maximum Gasteiger partial charge on any atom is 0.276 e. The van der Waals surface area contributed by atoms with Crippen LogP contribution in [0.2, 0.25) is 0 Å². The van der Waals surface area contributed by atoms with Gasteiger partial charge in [0.15, 0.2) is 5.11 Å². The summed E-state index contributed by atoms with van der Waals surface area (Å²) in [6.07, 6.45) is 3.69. The average Bonchev–Trinajstić information content (AvgIpc) is 2.72. The molecule has 0 saturated carbocycles. The zero-order chi connectivity index (χ0) is 14.5. The molecule has 1 aromatic rings. The first kappa shape index (κ1) is 14.2. The summed E-state index contributed by atoms with van der Waals surface area (Å²) in [6.45, 7) is 2.72. The molecule has 102 valence electrons. The second-order valence-corrected chi connectivity index (χ2v) is 4.92. The van der Waals surface area contributed by atoms with E-state index in [1.807, 2.05) is 0 Å². The van der Waals surface area contributed by atoms with Crippen molar-refractivity contribution in [2.45, 2.75) is 19.8 Å². The quantitative estimate of drug-likeness (QED) is 0.682. The van der Waals surface area contributed by atoms with Gasteiger partial charge in [0.2, 0.25) is 0 Å². The van der Waals surface area contributed by atoms with Crippen molar-refractivity contribution in [3.63, 3.8) is 0 Å². The molecule has 0 unspecified atom stereocenters. The summed E-state index contributed by atoms with van der Waals surface area (Å²) in [5.74, 6) is -0.0900. The van der Waals surface area contributed by atoms with E-state index >= 15 is 0 Å². The lowest BCUT2D eigenvalue weighted by Gasteiger charge is -2.12. The monoisotopic (exact) mass is 285 g/mol. The van der Waals surface area contributed by atoms with E-state index in [2.05, 4.69) is 18.3 Å². The number of carbonyl (C=O) groups is 1. The Bertz CT molecular complexity index is 599. The van der Waals surface area contributed by atoms with Crippen molar-refractivity contribution in [3.8, 4) is 6.07 Å². The first-order valence-corrected chi connectivity index (χ1v) is 6.91. The van der Waals surface area contributed by atoms with Gasteiger partial charge < -0.3 is 5.32 Å². The molecule has 20 heavy (non-hydrogen) atoms. The standard InChI is InChI=1S/C15H15N3OS/c1-2-3-8-18-14(19)13(17-15(18)20)9-11-4-6-12(10-16)7-5-11/h4-7,9H,2-3,8H2,1H3,(H,17,20). The van der Waals surface area contributed by atoms with Crippen LogP contribution in [0.25, 0.3) is 6.08 Å². The summed E-state index contributed by atoms with van der Waals surface area (Å²) in [4.78, 5) is 13.8. The minimum Gasteiger partial charge on any atom is -0.328 e. The molecule has 0 aromatic heterocycles. The Balaban J connectivity index is 2.16. The minimum absolute atomic E-state index is 0.0900. The Hall–Kier alpha value is -2.19. The Kier molecular flexibility index (Phi) is 4.49. The highest BCUT2D eigenvalue weighted by Crippen LogP contribution is 2.15. The van der Waals surface area contributed by atoms with Gasteiger partial charge in [-0.1, -0.05) is 25.5 Å². The van der Waals surface area contributed by atoms with Gasteiger partial charge in [-0.2, -0.15) is 5.26 Å². The van der Waals surface area contributed by atoms with Crippen LogP contribution in [0.5, 0.6) is 0 Å². The molecule has 0 atom stereocenters. The van der Waals surface area contributed by atoms with Crippen LogP contribution in [-0.4, -0.2) is 22.5 Å². The van der Waals surface area contributed by atoms with Gasteiger partial charge in [-0.05, 0) is 42.4 Å². The maximum atomic E-state index is 12.2. The fourth-order valence-electron chi connectivity index (χ4n) is 1.91. The molecule has 2 rings (SSSR count). The molecule has 1 heterocycles. The fourth-order valence-corrected chi connectivity index (χ4v) is 2.20. The molecule has 1 fully saturated rings. The topological polar surface area (TPSA) is 56.1 Å². The van der Waals surface area contributed by atoms with E-state index in [0.29, 0.717) is 22.9 Å². The molecule has 0 aliphatic carbocycles. The van der Waals surface area contributed by atoms with E-state index in [0.717, 1.165) is 18.4 Å². The first-order valence-electron chi connectivity index (χ1n) is 6.50. The molecule has 1 aliphatic heterocycles. The summed E-state index contributed by atoms with van der Waals surface area (Å²) >= 11 is 5.17. The number of nitriles is 1.